The van der Waals surface area contributed by atoms with E-state index in [9.17, 15) is 9.59 Å². The number of nitrogens with one attached hydrogen (secondary N) is 1. The Kier molecular flexibility index (Phi) is 6.43. The number of anilines is 1. The largest absolute Gasteiger partial charge is 0.322 e. The van der Waals surface area contributed by atoms with Gasteiger partial charge in [-0.3, -0.25) is 14.2 Å². The first kappa shape index (κ1) is 23.3. The van der Waals surface area contributed by atoms with Crippen LogP contribution in [0.3, 0.4) is 0 Å². The number of allylic oxidation sites excluding steroid dienone is 1. The van der Waals surface area contributed by atoms with Gasteiger partial charge in [0, 0.05) is 15.7 Å². The number of aromatic nitrogens is 1. The van der Waals surface area contributed by atoms with Gasteiger partial charge < -0.3 is 5.32 Å². The lowest BCUT2D eigenvalue weighted by Gasteiger charge is -2.25. The normalized spacial score (nSPS) is 15.5. The van der Waals surface area contributed by atoms with Crippen LogP contribution in [-0.2, 0) is 4.79 Å². The summed E-state index contributed by atoms with van der Waals surface area (Å²) in [4.78, 5) is 32.3. The summed E-state index contributed by atoms with van der Waals surface area (Å²) >= 11 is 13.6. The molecule has 174 valence electrons. The zero-order valence-corrected chi connectivity index (χ0v) is 20.9. The number of hydrogen-bond donors (Lipinski definition) is 1. The molecule has 3 aromatic carbocycles. The first-order valence-electron chi connectivity index (χ1n) is 10.8. The van der Waals surface area contributed by atoms with Crippen molar-refractivity contribution in [1.29, 1.82) is 0 Å². The molecule has 0 spiro atoms. The van der Waals surface area contributed by atoms with Crippen LogP contribution in [-0.4, -0.2) is 10.5 Å². The molecule has 35 heavy (non-hydrogen) atoms. The van der Waals surface area contributed by atoms with Crippen molar-refractivity contribution in [1.82, 2.24) is 4.57 Å². The van der Waals surface area contributed by atoms with E-state index in [2.05, 4.69) is 10.3 Å². The van der Waals surface area contributed by atoms with Crippen LogP contribution in [0.4, 0.5) is 5.69 Å². The third kappa shape index (κ3) is 4.60. The molecular weight excluding hydrogens is 501 g/mol. The highest BCUT2D eigenvalue weighted by Gasteiger charge is 2.32. The molecule has 1 aliphatic rings. The van der Waals surface area contributed by atoms with Crippen molar-refractivity contribution in [3.8, 4) is 0 Å². The first-order valence-corrected chi connectivity index (χ1v) is 12.4. The molecule has 0 aliphatic carbocycles. The molecule has 1 aromatic heterocycles. The summed E-state index contributed by atoms with van der Waals surface area (Å²) in [6, 6.07) is 23.2. The molecule has 8 heteroatoms. The quantitative estimate of drug-likeness (QED) is 0.403. The molecule has 0 fully saturated rings. The van der Waals surface area contributed by atoms with Gasteiger partial charge in [-0.25, -0.2) is 4.99 Å². The molecular formula is C27H19Cl2N3O2S. The van der Waals surface area contributed by atoms with E-state index in [0.29, 0.717) is 41.9 Å². The number of rotatable bonds is 4. The van der Waals surface area contributed by atoms with Crippen molar-refractivity contribution in [2.45, 2.75) is 13.0 Å². The second kappa shape index (κ2) is 9.66. The Morgan fingerprint density at radius 2 is 1.71 bits per heavy atom. The van der Waals surface area contributed by atoms with E-state index in [1.165, 1.54) is 11.3 Å². The summed E-state index contributed by atoms with van der Waals surface area (Å²) in [5.41, 5.74) is 2.89. The van der Waals surface area contributed by atoms with Crippen molar-refractivity contribution in [2.75, 3.05) is 5.32 Å². The maximum absolute atomic E-state index is 13.7. The Labute approximate surface area is 215 Å². The van der Waals surface area contributed by atoms with Crippen LogP contribution in [0.5, 0.6) is 0 Å². The Morgan fingerprint density at radius 1 is 1.03 bits per heavy atom. The van der Waals surface area contributed by atoms with Gasteiger partial charge >= 0.3 is 0 Å². The lowest BCUT2D eigenvalue weighted by atomic mass is 9.95. The van der Waals surface area contributed by atoms with E-state index < -0.39 is 6.04 Å². The zero-order chi connectivity index (χ0) is 24.5. The molecule has 1 atom stereocenters. The number of halogens is 2. The van der Waals surface area contributed by atoms with Crippen LogP contribution in [0.1, 0.15) is 24.1 Å². The van der Waals surface area contributed by atoms with Gasteiger partial charge in [-0.05, 0) is 48.4 Å². The van der Waals surface area contributed by atoms with Gasteiger partial charge in [-0.15, -0.1) is 0 Å². The Balaban J connectivity index is 1.68. The molecule has 5 nitrogen and oxygen atoms in total. The fourth-order valence-corrected chi connectivity index (χ4v) is 5.54. The van der Waals surface area contributed by atoms with E-state index in [-0.39, 0.29) is 11.5 Å². The van der Waals surface area contributed by atoms with Crippen LogP contribution >= 0.6 is 34.5 Å². The van der Waals surface area contributed by atoms with Crippen molar-refractivity contribution in [2.24, 2.45) is 4.99 Å². The molecule has 0 saturated carbocycles. The molecule has 0 radical (unpaired) electrons. The minimum Gasteiger partial charge on any atom is -0.322 e. The smallest absolute Gasteiger partial charge is 0.271 e. The second-order valence-electron chi connectivity index (χ2n) is 7.98. The SMILES string of the molecule is CC1=C(C(=O)Nc2ccccc2)[C@H](c2ccccc2)n2c(s/c(=C/c3ccc(Cl)cc3Cl)c2=O)=N1. The molecule has 4 aromatic rings. The number of nitrogens with zero attached hydrogens (tertiary/aromatic N) is 2. The lowest BCUT2D eigenvalue weighted by molar-refractivity contribution is -0.113. The van der Waals surface area contributed by atoms with E-state index in [1.807, 2.05) is 60.7 Å². The first-order chi connectivity index (χ1) is 16.9. The lowest BCUT2D eigenvalue weighted by Crippen LogP contribution is -2.40. The van der Waals surface area contributed by atoms with E-state index in [1.54, 1.807) is 35.8 Å². The highest BCUT2D eigenvalue weighted by atomic mass is 35.5. The highest BCUT2D eigenvalue weighted by molar-refractivity contribution is 7.07. The minimum atomic E-state index is -0.626. The number of carbonyl (C=O) groups excluding carboxylic acids is 1. The summed E-state index contributed by atoms with van der Waals surface area (Å²) in [6.07, 6.45) is 1.73. The van der Waals surface area contributed by atoms with Crippen LogP contribution in [0.15, 0.2) is 99.9 Å². The molecule has 1 N–H and O–H groups in total. The second-order valence-corrected chi connectivity index (χ2v) is 9.83. The van der Waals surface area contributed by atoms with Crippen LogP contribution in [0.25, 0.3) is 6.08 Å². The summed E-state index contributed by atoms with van der Waals surface area (Å²) in [5, 5.41) is 3.91. The van der Waals surface area contributed by atoms with Crippen LogP contribution < -0.4 is 20.2 Å². The number of carbonyl (C=O) groups is 1. The Hall–Kier alpha value is -3.45. The zero-order valence-electron chi connectivity index (χ0n) is 18.5. The van der Waals surface area contributed by atoms with Gasteiger partial charge in [0.15, 0.2) is 4.80 Å². The molecule has 2 heterocycles. The average Bonchev–Trinajstić information content (AvgIpc) is 3.15. The van der Waals surface area contributed by atoms with Crippen molar-refractivity contribution < 1.29 is 4.79 Å². The standard InChI is InChI=1S/C27H19Cl2N3O2S/c1-16-23(25(33)31-20-10-6-3-7-11-20)24(17-8-4-2-5-9-17)32-26(34)22(35-27(32)30-16)14-18-12-13-19(28)15-21(18)29/h2-15,24H,1H3,(H,31,33)/b22-14+/t24-/m0/s1. The van der Waals surface area contributed by atoms with E-state index >= 15 is 0 Å². The maximum atomic E-state index is 13.7. The monoisotopic (exact) mass is 519 g/mol. The van der Waals surface area contributed by atoms with Crippen molar-refractivity contribution >= 4 is 52.2 Å². The van der Waals surface area contributed by atoms with Gasteiger partial charge in [-0.1, -0.05) is 89.1 Å². The summed E-state index contributed by atoms with van der Waals surface area (Å²) in [5.74, 6) is -0.304. The Bertz CT molecular complexity index is 1640. The fourth-order valence-electron chi connectivity index (χ4n) is 4.04. The summed E-state index contributed by atoms with van der Waals surface area (Å²) in [6.45, 7) is 1.79. The average molecular weight is 520 g/mol. The number of fused-ring (bicyclic) bond motifs is 1. The fraction of sp³-hybridized carbons (Fsp3) is 0.0741. The molecule has 1 amide bonds. The minimum absolute atomic E-state index is 0.244. The summed E-state index contributed by atoms with van der Waals surface area (Å²) < 4.78 is 2.05. The topological polar surface area (TPSA) is 63.5 Å². The predicted molar refractivity (Wildman–Crippen MR) is 142 cm³/mol. The van der Waals surface area contributed by atoms with Crippen molar-refractivity contribution in [3.05, 3.63) is 131 Å². The number of thiazole rings is 1. The Morgan fingerprint density at radius 3 is 2.40 bits per heavy atom. The van der Waals surface area contributed by atoms with Gasteiger partial charge in [0.05, 0.1) is 21.8 Å². The number of para-hydroxylation sites is 1. The number of amides is 1. The molecule has 5 rings (SSSR count). The van der Waals surface area contributed by atoms with Crippen LogP contribution in [0, 0.1) is 0 Å². The molecule has 1 aliphatic heterocycles. The van der Waals surface area contributed by atoms with E-state index in [4.69, 9.17) is 23.2 Å². The predicted octanol–water partition coefficient (Wildman–Crippen LogP) is 5.18. The molecule has 0 unspecified atom stereocenters. The van der Waals surface area contributed by atoms with Gasteiger partial charge in [0.25, 0.3) is 11.5 Å². The number of benzene rings is 3. The van der Waals surface area contributed by atoms with Crippen LogP contribution in [0.2, 0.25) is 10.0 Å². The van der Waals surface area contributed by atoms with E-state index in [0.717, 1.165) is 5.56 Å². The van der Waals surface area contributed by atoms with Gasteiger partial charge in [0.2, 0.25) is 0 Å². The highest BCUT2D eigenvalue weighted by Crippen LogP contribution is 2.30. The molecule has 0 bridgehead atoms. The molecule has 0 saturated heterocycles. The third-order valence-electron chi connectivity index (χ3n) is 5.66. The third-order valence-corrected chi connectivity index (χ3v) is 7.21. The van der Waals surface area contributed by atoms with Gasteiger partial charge in [-0.2, -0.15) is 0 Å². The number of hydrogen-bond acceptors (Lipinski definition) is 4. The van der Waals surface area contributed by atoms with Gasteiger partial charge in [0.1, 0.15) is 0 Å². The maximum Gasteiger partial charge on any atom is 0.271 e. The van der Waals surface area contributed by atoms with Crippen molar-refractivity contribution in [3.63, 3.8) is 0 Å². The summed E-state index contributed by atoms with van der Waals surface area (Å²) in [7, 11) is 0.